The third-order valence-corrected chi connectivity index (χ3v) is 7.70. The van der Waals surface area contributed by atoms with Gasteiger partial charge in [-0.05, 0) is 31.0 Å². The fourth-order valence-corrected chi connectivity index (χ4v) is 2.04. The lowest BCUT2D eigenvalue weighted by Gasteiger charge is -2.36. The van der Waals surface area contributed by atoms with Crippen molar-refractivity contribution in [3.05, 3.63) is 12.7 Å². The van der Waals surface area contributed by atoms with E-state index in [0.29, 0.717) is 19.4 Å². The summed E-state index contributed by atoms with van der Waals surface area (Å²) in [7, 11) is -1.63. The van der Waals surface area contributed by atoms with Crippen LogP contribution in [0.2, 0.25) is 18.1 Å². The van der Waals surface area contributed by atoms with E-state index >= 15 is 0 Å². The highest BCUT2D eigenvalue weighted by Crippen LogP contribution is 2.36. The molecule has 0 heterocycles. The standard InChI is InChI=1S/C12H26O2Si/c1-7-8-11(13)9-10-14-15(5,6)12(2,3)4/h7,11,13H,1,8-10H2,2-6H3. The normalized spacial score (nSPS) is 15.1. The number of hydrogen-bond acceptors (Lipinski definition) is 2. The summed E-state index contributed by atoms with van der Waals surface area (Å²) in [5.41, 5.74) is 0. The van der Waals surface area contributed by atoms with Crippen molar-refractivity contribution in [3.8, 4) is 0 Å². The van der Waals surface area contributed by atoms with Crippen LogP contribution in [0.15, 0.2) is 12.7 Å². The van der Waals surface area contributed by atoms with Crippen LogP contribution < -0.4 is 0 Å². The molecule has 0 radical (unpaired) electrons. The average molecular weight is 230 g/mol. The molecule has 0 aliphatic heterocycles. The first-order valence-electron chi connectivity index (χ1n) is 5.63. The zero-order valence-electron chi connectivity index (χ0n) is 10.8. The van der Waals surface area contributed by atoms with Gasteiger partial charge in [-0.1, -0.05) is 26.8 Å². The fraction of sp³-hybridized carbons (Fsp3) is 0.833. The van der Waals surface area contributed by atoms with Crippen molar-refractivity contribution in [3.63, 3.8) is 0 Å². The van der Waals surface area contributed by atoms with Crippen LogP contribution in [0.25, 0.3) is 0 Å². The molecule has 0 fully saturated rings. The van der Waals surface area contributed by atoms with Gasteiger partial charge in [-0.3, -0.25) is 0 Å². The molecule has 3 heteroatoms. The molecule has 0 aliphatic rings. The highest BCUT2D eigenvalue weighted by molar-refractivity contribution is 6.74. The van der Waals surface area contributed by atoms with Gasteiger partial charge >= 0.3 is 0 Å². The minimum atomic E-state index is -1.63. The maximum atomic E-state index is 9.51. The second-order valence-electron chi connectivity index (χ2n) is 5.58. The van der Waals surface area contributed by atoms with Crippen LogP contribution in [0.4, 0.5) is 0 Å². The van der Waals surface area contributed by atoms with Crippen LogP contribution in [0.3, 0.4) is 0 Å². The summed E-state index contributed by atoms with van der Waals surface area (Å²) in [4.78, 5) is 0. The van der Waals surface area contributed by atoms with Crippen LogP contribution >= 0.6 is 0 Å². The lowest BCUT2D eigenvalue weighted by atomic mass is 10.2. The van der Waals surface area contributed by atoms with Gasteiger partial charge in [0, 0.05) is 6.61 Å². The SMILES string of the molecule is C=CCC(O)CCO[Si](C)(C)C(C)(C)C. The smallest absolute Gasteiger partial charge is 0.191 e. The Balaban J connectivity index is 3.90. The van der Waals surface area contributed by atoms with Gasteiger partial charge in [0.1, 0.15) is 0 Å². The van der Waals surface area contributed by atoms with Gasteiger partial charge in [0.25, 0.3) is 0 Å². The van der Waals surface area contributed by atoms with Gasteiger partial charge in [0.05, 0.1) is 6.10 Å². The molecule has 0 aromatic carbocycles. The molecular formula is C12H26O2Si. The zero-order chi connectivity index (χ0) is 12.1. The van der Waals surface area contributed by atoms with Crippen LogP contribution in [-0.2, 0) is 4.43 Å². The molecule has 0 rings (SSSR count). The van der Waals surface area contributed by atoms with Crippen molar-refractivity contribution < 1.29 is 9.53 Å². The molecule has 1 N–H and O–H groups in total. The second kappa shape index (κ2) is 5.82. The predicted octanol–water partition coefficient (Wildman–Crippen LogP) is 3.34. The fourth-order valence-electron chi connectivity index (χ4n) is 0.977. The molecule has 0 saturated heterocycles. The van der Waals surface area contributed by atoms with E-state index < -0.39 is 8.32 Å². The largest absolute Gasteiger partial charge is 0.417 e. The molecule has 2 nitrogen and oxygen atoms in total. The molecule has 0 amide bonds. The summed E-state index contributed by atoms with van der Waals surface area (Å²) in [6.07, 6.45) is 2.81. The molecule has 15 heavy (non-hydrogen) atoms. The summed E-state index contributed by atoms with van der Waals surface area (Å²) in [6, 6.07) is 0. The first-order valence-corrected chi connectivity index (χ1v) is 8.54. The van der Waals surface area contributed by atoms with E-state index in [2.05, 4.69) is 40.4 Å². The van der Waals surface area contributed by atoms with Crippen molar-refractivity contribution in [1.82, 2.24) is 0 Å². The molecule has 0 aromatic heterocycles. The Morgan fingerprint density at radius 3 is 2.33 bits per heavy atom. The Hall–Kier alpha value is -0.123. The van der Waals surface area contributed by atoms with E-state index in [9.17, 15) is 5.11 Å². The number of hydrogen-bond donors (Lipinski definition) is 1. The Bertz CT molecular complexity index is 194. The third-order valence-electron chi connectivity index (χ3n) is 3.16. The summed E-state index contributed by atoms with van der Waals surface area (Å²) < 4.78 is 5.96. The van der Waals surface area contributed by atoms with Crippen LogP contribution in [-0.4, -0.2) is 26.1 Å². The van der Waals surface area contributed by atoms with Gasteiger partial charge in [0.2, 0.25) is 0 Å². The van der Waals surface area contributed by atoms with E-state index in [1.54, 1.807) is 6.08 Å². The maximum Gasteiger partial charge on any atom is 0.191 e. The second-order valence-corrected chi connectivity index (χ2v) is 10.4. The van der Waals surface area contributed by atoms with Crippen molar-refractivity contribution in [2.75, 3.05) is 6.61 Å². The summed E-state index contributed by atoms with van der Waals surface area (Å²) in [6.45, 7) is 15.4. The van der Waals surface area contributed by atoms with E-state index in [1.165, 1.54) is 0 Å². The van der Waals surface area contributed by atoms with E-state index in [-0.39, 0.29) is 11.1 Å². The Morgan fingerprint density at radius 1 is 1.40 bits per heavy atom. The van der Waals surface area contributed by atoms with Crippen LogP contribution in [0, 0.1) is 0 Å². The Labute approximate surface area is 95.5 Å². The van der Waals surface area contributed by atoms with Crippen molar-refractivity contribution in [2.45, 2.75) is 57.8 Å². The number of rotatable bonds is 6. The predicted molar refractivity (Wildman–Crippen MR) is 68.6 cm³/mol. The van der Waals surface area contributed by atoms with Gasteiger partial charge < -0.3 is 9.53 Å². The van der Waals surface area contributed by atoms with Gasteiger partial charge in [-0.2, -0.15) is 0 Å². The monoisotopic (exact) mass is 230 g/mol. The summed E-state index contributed by atoms with van der Waals surface area (Å²) in [5.74, 6) is 0. The molecule has 90 valence electrons. The molecular weight excluding hydrogens is 204 g/mol. The molecule has 0 aliphatic carbocycles. The zero-order valence-corrected chi connectivity index (χ0v) is 11.8. The molecule has 0 aromatic rings. The lowest BCUT2D eigenvalue weighted by Crippen LogP contribution is -2.41. The Kier molecular flexibility index (Phi) is 5.78. The first kappa shape index (κ1) is 14.9. The van der Waals surface area contributed by atoms with Gasteiger partial charge in [-0.25, -0.2) is 0 Å². The summed E-state index contributed by atoms with van der Waals surface area (Å²) >= 11 is 0. The van der Waals surface area contributed by atoms with Gasteiger partial charge in [0.15, 0.2) is 8.32 Å². The molecule has 0 spiro atoms. The van der Waals surface area contributed by atoms with E-state index in [0.717, 1.165) is 0 Å². The molecule has 1 unspecified atom stereocenters. The van der Waals surface area contributed by atoms with Crippen molar-refractivity contribution in [2.24, 2.45) is 0 Å². The van der Waals surface area contributed by atoms with Crippen molar-refractivity contribution in [1.29, 1.82) is 0 Å². The Morgan fingerprint density at radius 2 is 1.93 bits per heavy atom. The number of aliphatic hydroxyl groups is 1. The molecule has 1 atom stereocenters. The lowest BCUT2D eigenvalue weighted by molar-refractivity contribution is 0.137. The topological polar surface area (TPSA) is 29.5 Å². The van der Waals surface area contributed by atoms with Crippen LogP contribution in [0.5, 0.6) is 0 Å². The third kappa shape index (κ3) is 5.49. The van der Waals surface area contributed by atoms with Crippen LogP contribution in [0.1, 0.15) is 33.6 Å². The molecule has 0 saturated carbocycles. The van der Waals surface area contributed by atoms with E-state index in [4.69, 9.17) is 4.43 Å². The average Bonchev–Trinajstić information content (AvgIpc) is 2.01. The van der Waals surface area contributed by atoms with Crippen molar-refractivity contribution >= 4 is 8.32 Å². The molecule has 0 bridgehead atoms. The maximum absolute atomic E-state index is 9.51. The highest BCUT2D eigenvalue weighted by atomic mass is 28.4. The highest BCUT2D eigenvalue weighted by Gasteiger charge is 2.36. The first-order chi connectivity index (χ1) is 6.70. The quantitative estimate of drug-likeness (QED) is 0.560. The van der Waals surface area contributed by atoms with Gasteiger partial charge in [-0.15, -0.1) is 6.58 Å². The minimum Gasteiger partial charge on any atom is -0.417 e. The number of aliphatic hydroxyl groups excluding tert-OH is 1. The summed E-state index contributed by atoms with van der Waals surface area (Å²) in [5, 5.41) is 9.76. The minimum absolute atomic E-state index is 0.246. The van der Waals surface area contributed by atoms with E-state index in [1.807, 2.05) is 0 Å².